The van der Waals surface area contributed by atoms with Crippen LogP contribution < -0.4 is 9.54 Å². The van der Waals surface area contributed by atoms with Crippen LogP contribution in [-0.4, -0.2) is 30.7 Å². The van der Waals surface area contributed by atoms with E-state index in [4.69, 9.17) is 26.1 Å². The molecule has 0 atom stereocenters. The van der Waals surface area contributed by atoms with Gasteiger partial charge < -0.3 is 14.0 Å². The molecule has 3 rings (SSSR count). The number of amidine groups is 1. The highest BCUT2D eigenvalue weighted by atomic mass is 35.5. The Bertz CT molecular complexity index is 1020. The summed E-state index contributed by atoms with van der Waals surface area (Å²) in [6.45, 7) is 9.02. The summed E-state index contributed by atoms with van der Waals surface area (Å²) in [5.74, 6) is 1.40. The minimum absolute atomic E-state index is 0.00383. The van der Waals surface area contributed by atoms with Gasteiger partial charge in [0.2, 0.25) is 6.19 Å². The molecule has 0 bridgehead atoms. The molecule has 0 amide bonds. The zero-order valence-electron chi connectivity index (χ0n) is 17.8. The second-order valence-electron chi connectivity index (χ2n) is 8.33. The molecular formula is C22H27ClN4O2S. The van der Waals surface area contributed by atoms with Crippen LogP contribution in [0.2, 0.25) is 5.02 Å². The van der Waals surface area contributed by atoms with Crippen molar-refractivity contribution in [2.45, 2.75) is 45.6 Å². The van der Waals surface area contributed by atoms with Crippen LogP contribution in [0.15, 0.2) is 34.4 Å². The van der Waals surface area contributed by atoms with Gasteiger partial charge in [-0.3, -0.25) is 0 Å². The van der Waals surface area contributed by atoms with Crippen LogP contribution in [-0.2, 0) is 16.7 Å². The van der Waals surface area contributed by atoms with Crippen LogP contribution in [0.25, 0.3) is 0 Å². The van der Waals surface area contributed by atoms with Gasteiger partial charge >= 0.3 is 0 Å². The summed E-state index contributed by atoms with van der Waals surface area (Å²) in [5, 5.41) is 9.82. The Labute approximate surface area is 186 Å². The van der Waals surface area contributed by atoms with E-state index in [2.05, 4.69) is 36.5 Å². The summed E-state index contributed by atoms with van der Waals surface area (Å²) in [5.41, 5.74) is 0.589. The van der Waals surface area contributed by atoms with Gasteiger partial charge in [-0.15, -0.1) is 11.3 Å². The van der Waals surface area contributed by atoms with Crippen LogP contribution in [0.3, 0.4) is 0 Å². The number of rotatable bonds is 4. The highest BCUT2D eigenvalue weighted by molar-refractivity contribution is 7.09. The van der Waals surface area contributed by atoms with E-state index in [-0.39, 0.29) is 5.41 Å². The minimum atomic E-state index is -0.00383. The van der Waals surface area contributed by atoms with Gasteiger partial charge in [0.05, 0.1) is 12.7 Å². The molecule has 30 heavy (non-hydrogen) atoms. The number of nitrogens with zero attached hydrogens (tertiary/aromatic N) is 4. The zero-order chi connectivity index (χ0) is 21.7. The average molecular weight is 447 g/mol. The standard InChI is InChI=1S/C22H27ClN4O2S/c1-22(2,3)19-13-27(12-15-7-9-29-10-8-15)21(30-19)26-20(25-14-24)17-11-16(23)5-6-18(17)28-4/h5-6,11,13,15H,7-10,12H2,1-4H3/b25-20?,26-21-. The largest absolute Gasteiger partial charge is 0.496 e. The van der Waals surface area contributed by atoms with Crippen LogP contribution in [0.4, 0.5) is 0 Å². The third-order valence-corrected chi connectivity index (χ3v) is 6.70. The van der Waals surface area contributed by atoms with E-state index in [1.54, 1.807) is 36.6 Å². The van der Waals surface area contributed by atoms with Crippen LogP contribution in [0, 0.1) is 17.4 Å². The summed E-state index contributed by atoms with van der Waals surface area (Å²) < 4.78 is 13.1. The molecule has 6 nitrogen and oxygen atoms in total. The summed E-state index contributed by atoms with van der Waals surface area (Å²) >= 11 is 7.82. The molecule has 2 heterocycles. The fraction of sp³-hybridized carbons (Fsp3) is 0.500. The molecule has 0 spiro atoms. The van der Waals surface area contributed by atoms with Crippen molar-refractivity contribution in [1.29, 1.82) is 5.26 Å². The average Bonchev–Trinajstić information content (AvgIpc) is 3.11. The van der Waals surface area contributed by atoms with Crippen molar-refractivity contribution in [2.75, 3.05) is 20.3 Å². The normalized spacial score (nSPS) is 16.5. The molecule has 0 aliphatic carbocycles. The molecule has 1 saturated heterocycles. The third-order valence-electron chi connectivity index (χ3n) is 5.01. The molecule has 1 aliphatic rings. The van der Waals surface area contributed by atoms with Crippen molar-refractivity contribution >= 4 is 28.8 Å². The Balaban J connectivity index is 2.10. The molecule has 8 heteroatoms. The first-order valence-corrected chi connectivity index (χ1v) is 11.1. The second kappa shape index (κ2) is 9.78. The Morgan fingerprint density at radius 3 is 2.73 bits per heavy atom. The Kier molecular flexibility index (Phi) is 7.35. The number of methoxy groups -OCH3 is 1. The number of benzene rings is 1. The van der Waals surface area contributed by atoms with Gasteiger partial charge in [0.25, 0.3) is 0 Å². The number of hydrogen-bond donors (Lipinski definition) is 0. The minimum Gasteiger partial charge on any atom is -0.496 e. The maximum Gasteiger partial charge on any atom is 0.207 e. The van der Waals surface area contributed by atoms with Crippen molar-refractivity contribution in [3.05, 3.63) is 44.7 Å². The molecule has 0 saturated carbocycles. The Morgan fingerprint density at radius 2 is 2.10 bits per heavy atom. The number of ether oxygens (including phenoxy) is 2. The number of thiazole rings is 1. The third kappa shape index (κ3) is 5.51. The molecule has 1 aliphatic heterocycles. The topological polar surface area (TPSA) is 71.9 Å². The van der Waals surface area contributed by atoms with Gasteiger partial charge in [-0.25, -0.2) is 0 Å². The second-order valence-corrected chi connectivity index (χ2v) is 9.77. The van der Waals surface area contributed by atoms with Gasteiger partial charge in [0.1, 0.15) is 5.75 Å². The number of nitriles is 1. The SMILES string of the molecule is COc1ccc(Cl)cc1C(=NC#N)/N=c1\sc(C(C)(C)C)cn1CC1CCOCC1. The van der Waals surface area contributed by atoms with Crippen molar-refractivity contribution in [3.8, 4) is 11.9 Å². The van der Waals surface area contributed by atoms with Crippen molar-refractivity contribution in [2.24, 2.45) is 15.9 Å². The lowest BCUT2D eigenvalue weighted by Gasteiger charge is -2.22. The highest BCUT2D eigenvalue weighted by Gasteiger charge is 2.21. The molecule has 1 aromatic heterocycles. The van der Waals surface area contributed by atoms with Gasteiger partial charge in [-0.1, -0.05) is 32.4 Å². The molecule has 1 aromatic carbocycles. The van der Waals surface area contributed by atoms with E-state index in [1.807, 2.05) is 6.19 Å². The summed E-state index contributed by atoms with van der Waals surface area (Å²) in [7, 11) is 1.57. The molecule has 0 N–H and O–H groups in total. The Morgan fingerprint density at radius 1 is 1.37 bits per heavy atom. The number of hydrogen-bond acceptors (Lipinski definition) is 5. The first-order valence-electron chi connectivity index (χ1n) is 9.95. The fourth-order valence-electron chi connectivity index (χ4n) is 3.29. The predicted octanol–water partition coefficient (Wildman–Crippen LogP) is 4.76. The highest BCUT2D eigenvalue weighted by Crippen LogP contribution is 2.27. The van der Waals surface area contributed by atoms with E-state index >= 15 is 0 Å². The monoisotopic (exact) mass is 446 g/mol. The van der Waals surface area contributed by atoms with E-state index in [0.717, 1.165) is 37.4 Å². The van der Waals surface area contributed by atoms with Gasteiger partial charge in [-0.2, -0.15) is 15.2 Å². The quantitative estimate of drug-likeness (QED) is 0.386. The van der Waals surface area contributed by atoms with Crippen LogP contribution in [0.5, 0.6) is 5.75 Å². The van der Waals surface area contributed by atoms with Crippen LogP contribution in [0.1, 0.15) is 44.1 Å². The van der Waals surface area contributed by atoms with Crippen molar-refractivity contribution in [3.63, 3.8) is 0 Å². The smallest absolute Gasteiger partial charge is 0.207 e. The molecule has 2 aromatic rings. The molecular weight excluding hydrogens is 420 g/mol. The maximum absolute atomic E-state index is 9.29. The molecule has 160 valence electrons. The van der Waals surface area contributed by atoms with E-state index in [9.17, 15) is 5.26 Å². The molecule has 1 fully saturated rings. The lowest BCUT2D eigenvalue weighted by molar-refractivity contribution is 0.0610. The van der Waals surface area contributed by atoms with E-state index in [1.165, 1.54) is 4.88 Å². The van der Waals surface area contributed by atoms with E-state index < -0.39 is 0 Å². The molecule has 0 radical (unpaired) electrons. The van der Waals surface area contributed by atoms with Crippen LogP contribution >= 0.6 is 22.9 Å². The number of aromatic nitrogens is 1. The summed E-state index contributed by atoms with van der Waals surface area (Å²) in [6.07, 6.45) is 6.12. The Hall–Kier alpha value is -2.14. The zero-order valence-corrected chi connectivity index (χ0v) is 19.4. The van der Waals surface area contributed by atoms with Crippen molar-refractivity contribution < 1.29 is 9.47 Å². The van der Waals surface area contributed by atoms with Gasteiger partial charge in [-0.05, 0) is 42.4 Å². The first-order chi connectivity index (χ1) is 14.3. The number of halogens is 1. The summed E-state index contributed by atoms with van der Waals surface area (Å²) in [6, 6.07) is 5.22. The lowest BCUT2D eigenvalue weighted by Crippen LogP contribution is -2.25. The van der Waals surface area contributed by atoms with E-state index in [0.29, 0.717) is 28.1 Å². The molecule has 0 unspecified atom stereocenters. The fourth-order valence-corrected chi connectivity index (χ4v) is 4.52. The first kappa shape index (κ1) is 22.5. The lowest BCUT2D eigenvalue weighted by atomic mass is 9.95. The summed E-state index contributed by atoms with van der Waals surface area (Å²) in [4.78, 5) is 10.8. The van der Waals surface area contributed by atoms with Gasteiger partial charge in [0, 0.05) is 35.9 Å². The van der Waals surface area contributed by atoms with Gasteiger partial charge in [0.15, 0.2) is 10.6 Å². The predicted molar refractivity (Wildman–Crippen MR) is 120 cm³/mol. The number of aliphatic imine (C=N–C) groups is 1. The maximum atomic E-state index is 9.29. The van der Waals surface area contributed by atoms with Crippen molar-refractivity contribution in [1.82, 2.24) is 4.57 Å².